The zero-order valence-electron chi connectivity index (χ0n) is 23.7. The largest absolute Gasteiger partial charge is 0.445 e. The fourth-order valence-electron chi connectivity index (χ4n) is 5.65. The van der Waals surface area contributed by atoms with E-state index < -0.39 is 15.1 Å². The number of sulfone groups is 1. The zero-order valence-corrected chi connectivity index (χ0v) is 24.5. The minimum absolute atomic E-state index is 0.146. The first-order chi connectivity index (χ1) is 19.4. The first-order valence-corrected chi connectivity index (χ1v) is 16.0. The number of nitrogens with zero attached hydrogens (tertiary/aromatic N) is 2. The van der Waals surface area contributed by atoms with Gasteiger partial charge < -0.3 is 14.5 Å². The van der Waals surface area contributed by atoms with E-state index in [1.54, 1.807) is 24.3 Å². The Kier molecular flexibility index (Phi) is 10.8. The van der Waals surface area contributed by atoms with Crippen molar-refractivity contribution >= 4 is 15.9 Å². The van der Waals surface area contributed by atoms with Crippen molar-refractivity contribution in [2.45, 2.75) is 68.2 Å². The van der Waals surface area contributed by atoms with Crippen LogP contribution >= 0.6 is 0 Å². The summed E-state index contributed by atoms with van der Waals surface area (Å²) in [7, 11) is -3.40. The standard InChI is InChI=1S/C33H42N2O4S/c1-3-35(33(36)39-26-28-13-7-4-8-14-28)31-20-23-34(24-21-31)22-19-30(29-15-9-5-10-16-29)25-27(2)40(37,38)32-17-11-6-12-18-32/h4-18,27,30-31H,3,19-26H2,1-2H3/t27-,30-/m0/s1. The maximum absolute atomic E-state index is 13.3. The van der Waals surface area contributed by atoms with Gasteiger partial charge in [0.05, 0.1) is 10.1 Å². The van der Waals surface area contributed by atoms with Crippen molar-refractivity contribution in [2.75, 3.05) is 26.2 Å². The van der Waals surface area contributed by atoms with Crippen LogP contribution in [0.3, 0.4) is 0 Å². The molecule has 0 aromatic heterocycles. The van der Waals surface area contributed by atoms with E-state index in [0.29, 0.717) is 17.9 Å². The van der Waals surface area contributed by atoms with Crippen LogP contribution in [-0.2, 0) is 21.2 Å². The number of carbonyl (C=O) groups excluding carboxylic acids is 1. The number of piperidine rings is 1. The molecule has 0 saturated carbocycles. The molecule has 214 valence electrons. The Morgan fingerprint density at radius 2 is 1.50 bits per heavy atom. The summed E-state index contributed by atoms with van der Waals surface area (Å²) in [5.74, 6) is 0.146. The molecule has 4 rings (SSSR count). The quantitative estimate of drug-likeness (QED) is 0.251. The lowest BCUT2D eigenvalue weighted by Gasteiger charge is -2.38. The van der Waals surface area contributed by atoms with Crippen molar-refractivity contribution in [3.8, 4) is 0 Å². The summed E-state index contributed by atoms with van der Waals surface area (Å²) in [4.78, 5) is 17.5. The summed E-state index contributed by atoms with van der Waals surface area (Å²) < 4.78 is 32.1. The van der Waals surface area contributed by atoms with E-state index in [0.717, 1.165) is 44.5 Å². The zero-order chi connectivity index (χ0) is 28.4. The molecular weight excluding hydrogens is 520 g/mol. The van der Waals surface area contributed by atoms with Crippen LogP contribution in [0.25, 0.3) is 0 Å². The molecule has 1 fully saturated rings. The molecule has 0 N–H and O–H groups in total. The van der Waals surface area contributed by atoms with Gasteiger partial charge in [0, 0.05) is 25.7 Å². The van der Waals surface area contributed by atoms with Crippen molar-refractivity contribution in [3.63, 3.8) is 0 Å². The van der Waals surface area contributed by atoms with Crippen LogP contribution in [0.1, 0.15) is 56.6 Å². The van der Waals surface area contributed by atoms with E-state index >= 15 is 0 Å². The Bertz CT molecular complexity index is 1280. The summed E-state index contributed by atoms with van der Waals surface area (Å²) in [5.41, 5.74) is 2.17. The molecule has 7 heteroatoms. The molecule has 1 saturated heterocycles. The Morgan fingerprint density at radius 3 is 2.10 bits per heavy atom. The average Bonchev–Trinajstić information content (AvgIpc) is 3.00. The van der Waals surface area contributed by atoms with Gasteiger partial charge >= 0.3 is 6.09 Å². The van der Waals surface area contributed by atoms with Gasteiger partial charge in [-0.15, -0.1) is 0 Å². The third-order valence-electron chi connectivity index (χ3n) is 8.06. The second kappa shape index (κ2) is 14.5. The highest BCUT2D eigenvalue weighted by atomic mass is 32.2. The first kappa shape index (κ1) is 29.8. The van der Waals surface area contributed by atoms with Crippen molar-refractivity contribution in [1.82, 2.24) is 9.80 Å². The predicted molar refractivity (Wildman–Crippen MR) is 160 cm³/mol. The van der Waals surface area contributed by atoms with Gasteiger partial charge in [0.15, 0.2) is 9.84 Å². The Balaban J connectivity index is 1.31. The highest BCUT2D eigenvalue weighted by molar-refractivity contribution is 7.92. The van der Waals surface area contributed by atoms with Crippen LogP contribution in [0, 0.1) is 0 Å². The summed E-state index contributed by atoms with van der Waals surface area (Å²) in [6.07, 6.45) is 3.03. The smallest absolute Gasteiger partial charge is 0.410 e. The van der Waals surface area contributed by atoms with Gasteiger partial charge in [0.1, 0.15) is 6.61 Å². The van der Waals surface area contributed by atoms with Gasteiger partial charge in [-0.1, -0.05) is 78.9 Å². The van der Waals surface area contributed by atoms with Gasteiger partial charge in [0.2, 0.25) is 0 Å². The molecule has 3 aromatic carbocycles. The predicted octanol–water partition coefficient (Wildman–Crippen LogP) is 6.54. The molecule has 6 nitrogen and oxygen atoms in total. The second-order valence-electron chi connectivity index (χ2n) is 10.7. The minimum Gasteiger partial charge on any atom is -0.445 e. The molecule has 0 unspecified atom stereocenters. The van der Waals surface area contributed by atoms with Gasteiger partial charge in [-0.3, -0.25) is 0 Å². The number of hydrogen-bond donors (Lipinski definition) is 0. The molecule has 1 amide bonds. The third kappa shape index (κ3) is 7.95. The van der Waals surface area contributed by atoms with Crippen molar-refractivity contribution < 1.29 is 17.9 Å². The Hall–Kier alpha value is -3.16. The van der Waals surface area contributed by atoms with Gasteiger partial charge in [-0.25, -0.2) is 13.2 Å². The van der Waals surface area contributed by atoms with E-state index in [4.69, 9.17) is 4.74 Å². The van der Waals surface area contributed by atoms with Gasteiger partial charge in [-0.2, -0.15) is 0 Å². The van der Waals surface area contributed by atoms with E-state index in [2.05, 4.69) is 17.0 Å². The molecule has 40 heavy (non-hydrogen) atoms. The third-order valence-corrected chi connectivity index (χ3v) is 10.2. The van der Waals surface area contributed by atoms with Crippen molar-refractivity contribution in [1.29, 1.82) is 0 Å². The molecule has 1 aliphatic rings. The molecule has 1 heterocycles. The molecule has 0 spiro atoms. The fourth-order valence-corrected chi connectivity index (χ4v) is 7.13. The topological polar surface area (TPSA) is 66.9 Å². The molecule has 0 radical (unpaired) electrons. The number of rotatable bonds is 12. The maximum Gasteiger partial charge on any atom is 0.410 e. The number of carbonyl (C=O) groups is 1. The summed E-state index contributed by atoms with van der Waals surface area (Å²) in [5, 5.41) is -0.481. The Morgan fingerprint density at radius 1 is 0.925 bits per heavy atom. The first-order valence-electron chi connectivity index (χ1n) is 14.4. The number of amides is 1. The molecule has 0 aliphatic carbocycles. The lowest BCUT2D eigenvalue weighted by atomic mass is 9.90. The number of benzene rings is 3. The lowest BCUT2D eigenvalue weighted by Crippen LogP contribution is -2.47. The monoisotopic (exact) mass is 562 g/mol. The van der Waals surface area contributed by atoms with Gasteiger partial charge in [-0.05, 0) is 75.3 Å². The lowest BCUT2D eigenvalue weighted by molar-refractivity contribution is 0.0627. The van der Waals surface area contributed by atoms with Crippen LogP contribution in [0.5, 0.6) is 0 Å². The fraction of sp³-hybridized carbons (Fsp3) is 0.424. The minimum atomic E-state index is -3.40. The van der Waals surface area contributed by atoms with Crippen LogP contribution in [0.2, 0.25) is 0 Å². The van der Waals surface area contributed by atoms with E-state index in [1.165, 1.54) is 5.56 Å². The van der Waals surface area contributed by atoms with Crippen molar-refractivity contribution in [3.05, 3.63) is 102 Å². The number of ether oxygens (including phenoxy) is 1. The molecule has 1 aliphatic heterocycles. The molecule has 0 bridgehead atoms. The highest BCUT2D eigenvalue weighted by Gasteiger charge is 2.30. The maximum atomic E-state index is 13.3. The average molecular weight is 563 g/mol. The molecule has 2 atom stereocenters. The van der Waals surface area contributed by atoms with Crippen molar-refractivity contribution in [2.24, 2.45) is 0 Å². The Labute approximate surface area is 239 Å². The summed E-state index contributed by atoms with van der Waals surface area (Å²) >= 11 is 0. The highest BCUT2D eigenvalue weighted by Crippen LogP contribution is 2.30. The number of hydrogen-bond acceptors (Lipinski definition) is 5. The van der Waals surface area contributed by atoms with Crippen LogP contribution in [-0.4, -0.2) is 61.8 Å². The SMILES string of the molecule is CCN(C(=O)OCc1ccccc1)C1CCN(CC[C@@H](C[C@H](C)S(=O)(=O)c2ccccc2)c2ccccc2)CC1. The van der Waals surface area contributed by atoms with Crippen LogP contribution in [0.4, 0.5) is 4.79 Å². The van der Waals surface area contributed by atoms with E-state index in [-0.39, 0.29) is 24.7 Å². The summed E-state index contributed by atoms with van der Waals surface area (Å²) in [6.45, 7) is 7.47. The van der Waals surface area contributed by atoms with Crippen LogP contribution in [0.15, 0.2) is 95.9 Å². The molecular formula is C33H42N2O4S. The molecule has 3 aromatic rings. The second-order valence-corrected chi connectivity index (χ2v) is 13.1. The normalized spacial score (nSPS) is 16.2. The van der Waals surface area contributed by atoms with Gasteiger partial charge in [0.25, 0.3) is 0 Å². The van der Waals surface area contributed by atoms with E-state index in [1.807, 2.05) is 73.3 Å². The number of likely N-dealkylation sites (tertiary alicyclic amines) is 1. The summed E-state index contributed by atoms with van der Waals surface area (Å²) in [6, 6.07) is 29.0. The van der Waals surface area contributed by atoms with E-state index in [9.17, 15) is 13.2 Å². The van der Waals surface area contributed by atoms with Crippen LogP contribution < -0.4 is 0 Å².